The lowest BCUT2D eigenvalue weighted by Crippen LogP contribution is -2.39. The second-order valence-corrected chi connectivity index (χ2v) is 4.30. The van der Waals surface area contributed by atoms with Crippen molar-refractivity contribution in [3.63, 3.8) is 0 Å². The molecule has 2 aliphatic rings. The monoisotopic (exact) mass is 199 g/mol. The van der Waals surface area contributed by atoms with E-state index in [0.29, 0.717) is 12.5 Å². The summed E-state index contributed by atoms with van der Waals surface area (Å²) in [6.07, 6.45) is 3.99. The fourth-order valence-corrected chi connectivity index (χ4v) is 2.57. The fraction of sp³-hybridized carbons (Fsp3) is 0.900. The van der Waals surface area contributed by atoms with Crippen molar-refractivity contribution < 1.29 is 14.3 Å². The van der Waals surface area contributed by atoms with Crippen LogP contribution >= 0.6 is 0 Å². The molecule has 0 aromatic rings. The van der Waals surface area contributed by atoms with Gasteiger partial charge < -0.3 is 15.2 Å². The number of rotatable bonds is 3. The number of hydrogen-bond donors (Lipinski definition) is 1. The van der Waals surface area contributed by atoms with E-state index in [2.05, 4.69) is 0 Å². The zero-order chi connectivity index (χ0) is 10.2. The number of carbonyl (C=O) groups is 1. The van der Waals surface area contributed by atoms with E-state index >= 15 is 0 Å². The largest absolute Gasteiger partial charge is 0.444 e. The van der Waals surface area contributed by atoms with Crippen LogP contribution in [0.5, 0.6) is 0 Å². The zero-order valence-electron chi connectivity index (χ0n) is 8.49. The molecular weight excluding hydrogens is 182 g/mol. The minimum Gasteiger partial charge on any atom is -0.444 e. The molecule has 1 amide bonds. The smallest absolute Gasteiger partial charge is 0.404 e. The Morgan fingerprint density at radius 3 is 2.57 bits per heavy atom. The summed E-state index contributed by atoms with van der Waals surface area (Å²) in [4.78, 5) is 10.6. The van der Waals surface area contributed by atoms with E-state index < -0.39 is 6.09 Å². The summed E-state index contributed by atoms with van der Waals surface area (Å²) < 4.78 is 10.5. The van der Waals surface area contributed by atoms with Crippen LogP contribution in [0.1, 0.15) is 32.6 Å². The molecule has 0 unspecified atom stereocenters. The lowest BCUT2D eigenvalue weighted by molar-refractivity contribution is 0.0330. The van der Waals surface area contributed by atoms with Gasteiger partial charge in [0.15, 0.2) is 0 Å². The summed E-state index contributed by atoms with van der Waals surface area (Å²) in [5, 5.41) is 0. The Hall–Kier alpha value is -0.770. The third-order valence-corrected chi connectivity index (χ3v) is 3.50. The van der Waals surface area contributed by atoms with Gasteiger partial charge >= 0.3 is 6.09 Å². The molecule has 2 N–H and O–H groups in total. The highest BCUT2D eigenvalue weighted by Gasteiger charge is 2.57. The number of ether oxygens (including phenoxy) is 2. The van der Waals surface area contributed by atoms with Crippen LogP contribution in [0.3, 0.4) is 0 Å². The van der Waals surface area contributed by atoms with Crippen molar-refractivity contribution in [3.8, 4) is 0 Å². The van der Waals surface area contributed by atoms with Gasteiger partial charge in [0, 0.05) is 0 Å². The van der Waals surface area contributed by atoms with Gasteiger partial charge in [-0.2, -0.15) is 0 Å². The number of nitrogens with two attached hydrogens (primary N) is 1. The van der Waals surface area contributed by atoms with E-state index in [9.17, 15) is 4.79 Å². The molecule has 0 bridgehead atoms. The van der Waals surface area contributed by atoms with E-state index in [4.69, 9.17) is 15.2 Å². The summed E-state index contributed by atoms with van der Waals surface area (Å²) in [5.41, 5.74) is 4.80. The first-order valence-corrected chi connectivity index (χ1v) is 5.25. The summed E-state index contributed by atoms with van der Waals surface area (Å²) in [6, 6.07) is 0. The van der Waals surface area contributed by atoms with E-state index in [-0.39, 0.29) is 11.7 Å². The van der Waals surface area contributed by atoms with Gasteiger partial charge in [-0.1, -0.05) is 12.8 Å². The molecule has 2 atom stereocenters. The van der Waals surface area contributed by atoms with Crippen LogP contribution in [0.2, 0.25) is 0 Å². The van der Waals surface area contributed by atoms with E-state index in [1.165, 1.54) is 25.7 Å². The Labute approximate surface area is 83.7 Å². The first kappa shape index (κ1) is 9.77. The second-order valence-electron chi connectivity index (χ2n) is 4.30. The minimum absolute atomic E-state index is 0.203. The van der Waals surface area contributed by atoms with Crippen LogP contribution in [0.15, 0.2) is 0 Å². The van der Waals surface area contributed by atoms with Crippen LogP contribution < -0.4 is 5.73 Å². The lowest BCUT2D eigenvalue weighted by Gasteiger charge is -2.25. The van der Waals surface area contributed by atoms with Crippen LogP contribution in [0, 0.1) is 5.92 Å². The molecule has 80 valence electrons. The average molecular weight is 199 g/mol. The molecule has 4 heteroatoms. The molecule has 0 radical (unpaired) electrons. The first-order chi connectivity index (χ1) is 6.65. The second kappa shape index (κ2) is 3.42. The van der Waals surface area contributed by atoms with E-state index in [1.807, 2.05) is 6.92 Å². The molecular formula is C10H17NO3. The third kappa shape index (κ3) is 1.59. The average Bonchev–Trinajstić information content (AvgIpc) is 2.74. The van der Waals surface area contributed by atoms with Crippen LogP contribution in [0.25, 0.3) is 0 Å². The molecule has 1 aliphatic carbocycles. The number of carbonyl (C=O) groups excluding carboxylic acids is 1. The van der Waals surface area contributed by atoms with Crippen molar-refractivity contribution >= 4 is 6.09 Å². The van der Waals surface area contributed by atoms with E-state index in [1.54, 1.807) is 0 Å². The predicted octanol–water partition coefficient (Wildman–Crippen LogP) is 1.43. The van der Waals surface area contributed by atoms with Crippen molar-refractivity contribution in [1.29, 1.82) is 0 Å². The molecule has 4 nitrogen and oxygen atoms in total. The molecule has 1 aliphatic heterocycles. The molecule has 0 aromatic carbocycles. The maximum Gasteiger partial charge on any atom is 0.404 e. The maximum absolute atomic E-state index is 10.6. The fourth-order valence-electron chi connectivity index (χ4n) is 2.57. The Morgan fingerprint density at radius 1 is 1.57 bits per heavy atom. The van der Waals surface area contributed by atoms with Crippen molar-refractivity contribution in [2.24, 2.45) is 11.7 Å². The summed E-state index contributed by atoms with van der Waals surface area (Å²) >= 11 is 0. The van der Waals surface area contributed by atoms with Gasteiger partial charge in [-0.05, 0) is 25.7 Å². The van der Waals surface area contributed by atoms with Crippen LogP contribution in [0.4, 0.5) is 4.79 Å². The Bertz CT molecular complexity index is 232. The molecule has 1 saturated carbocycles. The molecule has 1 saturated heterocycles. The normalized spacial score (nSPS) is 34.1. The Kier molecular flexibility index (Phi) is 2.39. The van der Waals surface area contributed by atoms with Gasteiger partial charge in [0.2, 0.25) is 0 Å². The molecule has 14 heavy (non-hydrogen) atoms. The summed E-state index contributed by atoms with van der Waals surface area (Å²) in [6.45, 7) is 2.59. The van der Waals surface area contributed by atoms with Crippen molar-refractivity contribution in [2.75, 3.05) is 6.61 Å². The van der Waals surface area contributed by atoms with Gasteiger partial charge in [0.05, 0.1) is 6.61 Å². The highest BCUT2D eigenvalue weighted by molar-refractivity contribution is 5.65. The van der Waals surface area contributed by atoms with Crippen molar-refractivity contribution in [2.45, 2.75) is 44.3 Å². The molecule has 1 heterocycles. The highest BCUT2D eigenvalue weighted by Crippen LogP contribution is 2.47. The maximum atomic E-state index is 10.6. The SMILES string of the molecule is C[C@H](OC(N)=O)[C@]1(C2CCCC2)CO1. The number of epoxide rings is 1. The molecule has 0 aromatic heterocycles. The highest BCUT2D eigenvalue weighted by atomic mass is 16.6. The molecule has 2 fully saturated rings. The summed E-state index contributed by atoms with van der Waals surface area (Å²) in [7, 11) is 0. The lowest BCUT2D eigenvalue weighted by atomic mass is 9.87. The van der Waals surface area contributed by atoms with E-state index in [0.717, 1.165) is 0 Å². The van der Waals surface area contributed by atoms with Gasteiger partial charge in [-0.15, -0.1) is 0 Å². The minimum atomic E-state index is -0.703. The predicted molar refractivity (Wildman–Crippen MR) is 50.8 cm³/mol. The van der Waals surface area contributed by atoms with Gasteiger partial charge in [-0.3, -0.25) is 0 Å². The Balaban J connectivity index is 1.97. The van der Waals surface area contributed by atoms with Crippen molar-refractivity contribution in [1.82, 2.24) is 0 Å². The molecule has 2 rings (SSSR count). The van der Waals surface area contributed by atoms with Crippen LogP contribution in [-0.4, -0.2) is 24.4 Å². The topological polar surface area (TPSA) is 64.8 Å². The number of amides is 1. The van der Waals surface area contributed by atoms with Crippen LogP contribution in [-0.2, 0) is 9.47 Å². The number of hydrogen-bond acceptors (Lipinski definition) is 3. The Morgan fingerprint density at radius 2 is 2.14 bits per heavy atom. The number of primary amides is 1. The molecule has 0 spiro atoms. The quantitative estimate of drug-likeness (QED) is 0.699. The third-order valence-electron chi connectivity index (χ3n) is 3.50. The standard InChI is InChI=1S/C10H17NO3/c1-7(14-9(11)12)10(6-13-10)8-4-2-3-5-8/h7-8H,2-6H2,1H3,(H2,11,12)/t7-,10-/m0/s1. The van der Waals surface area contributed by atoms with Crippen molar-refractivity contribution in [3.05, 3.63) is 0 Å². The first-order valence-electron chi connectivity index (χ1n) is 5.25. The summed E-state index contributed by atoms with van der Waals surface area (Å²) in [5.74, 6) is 0.553. The van der Waals surface area contributed by atoms with Gasteiger partial charge in [0.1, 0.15) is 11.7 Å². The zero-order valence-corrected chi connectivity index (χ0v) is 8.49. The van der Waals surface area contributed by atoms with Gasteiger partial charge in [0.25, 0.3) is 0 Å². The van der Waals surface area contributed by atoms with Gasteiger partial charge in [-0.25, -0.2) is 4.79 Å².